The summed E-state index contributed by atoms with van der Waals surface area (Å²) in [6.07, 6.45) is 2.57. The number of nitrogens with two attached hydrogens (primary N) is 1. The Morgan fingerprint density at radius 1 is 1.33 bits per heavy atom. The first-order chi connectivity index (χ1) is 9.92. The van der Waals surface area contributed by atoms with Crippen LogP contribution in [0.3, 0.4) is 0 Å². The van der Waals surface area contributed by atoms with E-state index in [1.54, 1.807) is 16.8 Å². The zero-order valence-corrected chi connectivity index (χ0v) is 12.8. The lowest BCUT2D eigenvalue weighted by Gasteiger charge is -2.12. The second-order valence-electron chi connectivity index (χ2n) is 4.62. The maximum absolute atomic E-state index is 12.0. The third-order valence-corrected chi connectivity index (χ3v) is 4.48. The van der Waals surface area contributed by atoms with E-state index in [0.717, 1.165) is 5.69 Å². The number of rotatable bonds is 6. The Balaban J connectivity index is 2.13. The van der Waals surface area contributed by atoms with Crippen molar-refractivity contribution >= 4 is 21.4 Å². The van der Waals surface area contributed by atoms with Crippen LogP contribution in [0.5, 0.6) is 0 Å². The van der Waals surface area contributed by atoms with Crippen LogP contribution >= 0.6 is 0 Å². The maximum atomic E-state index is 12.0. The number of nitrogens with zero attached hydrogens (tertiary/aromatic N) is 2. The molecule has 114 valence electrons. The maximum Gasteiger partial charge on any atom is 0.242 e. The Labute approximate surface area is 124 Å². The number of nitrogens with one attached hydrogen (secondary N) is 2. The van der Waals surface area contributed by atoms with E-state index in [-0.39, 0.29) is 4.90 Å². The van der Waals surface area contributed by atoms with Crippen LogP contribution in [0.1, 0.15) is 5.69 Å². The standard InChI is InChI=1S/C13H19N5O2S/c1-15-21(19,20)13-9-10(14)3-4-12(13)16-7-5-11-6-8-18(2)17-11/h3-4,6,8-9,15-16H,5,7,14H2,1-2H3. The van der Waals surface area contributed by atoms with Crippen molar-refractivity contribution in [3.05, 3.63) is 36.2 Å². The van der Waals surface area contributed by atoms with Gasteiger partial charge in [-0.25, -0.2) is 13.1 Å². The Morgan fingerprint density at radius 3 is 2.71 bits per heavy atom. The smallest absolute Gasteiger partial charge is 0.242 e. The van der Waals surface area contributed by atoms with E-state index in [1.807, 2.05) is 19.3 Å². The number of aromatic nitrogens is 2. The molecule has 0 atom stereocenters. The molecule has 0 aliphatic heterocycles. The van der Waals surface area contributed by atoms with E-state index in [1.165, 1.54) is 13.1 Å². The summed E-state index contributed by atoms with van der Waals surface area (Å²) >= 11 is 0. The van der Waals surface area contributed by atoms with Crippen LogP contribution in [0.2, 0.25) is 0 Å². The van der Waals surface area contributed by atoms with Gasteiger partial charge in [-0.3, -0.25) is 4.68 Å². The van der Waals surface area contributed by atoms with Crippen molar-refractivity contribution < 1.29 is 8.42 Å². The van der Waals surface area contributed by atoms with Gasteiger partial charge in [-0.2, -0.15) is 5.10 Å². The van der Waals surface area contributed by atoms with Gasteiger partial charge in [0.25, 0.3) is 0 Å². The minimum atomic E-state index is -3.55. The van der Waals surface area contributed by atoms with Crippen LogP contribution in [0.15, 0.2) is 35.4 Å². The first kappa shape index (κ1) is 15.3. The highest BCUT2D eigenvalue weighted by molar-refractivity contribution is 7.89. The highest BCUT2D eigenvalue weighted by atomic mass is 32.2. The second-order valence-corrected chi connectivity index (χ2v) is 6.48. The molecule has 7 nitrogen and oxygen atoms in total. The van der Waals surface area contributed by atoms with E-state index < -0.39 is 10.0 Å². The lowest BCUT2D eigenvalue weighted by Crippen LogP contribution is -2.21. The molecule has 0 amide bonds. The van der Waals surface area contributed by atoms with E-state index in [0.29, 0.717) is 24.3 Å². The summed E-state index contributed by atoms with van der Waals surface area (Å²) in [5, 5.41) is 7.38. The third-order valence-electron chi connectivity index (χ3n) is 3.03. The second kappa shape index (κ2) is 6.15. The molecule has 1 heterocycles. The van der Waals surface area contributed by atoms with Crippen molar-refractivity contribution in [1.29, 1.82) is 0 Å². The van der Waals surface area contributed by atoms with Crippen LogP contribution in [-0.4, -0.2) is 31.8 Å². The SMILES string of the molecule is CNS(=O)(=O)c1cc(N)ccc1NCCc1ccn(C)n1. The average Bonchev–Trinajstić information content (AvgIpc) is 2.86. The van der Waals surface area contributed by atoms with Gasteiger partial charge in [-0.05, 0) is 31.3 Å². The summed E-state index contributed by atoms with van der Waals surface area (Å²) in [4.78, 5) is 0.144. The minimum Gasteiger partial charge on any atom is -0.399 e. The number of hydrogen-bond donors (Lipinski definition) is 3. The van der Waals surface area contributed by atoms with Crippen molar-refractivity contribution in [2.75, 3.05) is 24.6 Å². The lowest BCUT2D eigenvalue weighted by atomic mass is 10.2. The molecule has 0 saturated carbocycles. The van der Waals surface area contributed by atoms with Crippen LogP contribution in [0, 0.1) is 0 Å². The molecule has 1 aromatic carbocycles. The van der Waals surface area contributed by atoms with Crippen molar-refractivity contribution in [2.24, 2.45) is 7.05 Å². The van der Waals surface area contributed by atoms with Crippen molar-refractivity contribution in [2.45, 2.75) is 11.3 Å². The van der Waals surface area contributed by atoms with Gasteiger partial charge in [0.1, 0.15) is 4.90 Å². The molecule has 0 fully saturated rings. The number of benzene rings is 1. The van der Waals surface area contributed by atoms with E-state index in [2.05, 4.69) is 15.1 Å². The van der Waals surface area contributed by atoms with Crippen molar-refractivity contribution in [1.82, 2.24) is 14.5 Å². The molecule has 0 saturated heterocycles. The molecule has 0 aliphatic rings. The molecule has 0 aliphatic carbocycles. The monoisotopic (exact) mass is 309 g/mol. The Bertz CT molecular complexity index is 724. The number of nitrogen functional groups attached to an aromatic ring is 1. The largest absolute Gasteiger partial charge is 0.399 e. The van der Waals surface area contributed by atoms with Gasteiger partial charge in [-0.1, -0.05) is 0 Å². The molecule has 0 unspecified atom stereocenters. The van der Waals surface area contributed by atoms with Crippen molar-refractivity contribution in [3.8, 4) is 0 Å². The number of hydrogen-bond acceptors (Lipinski definition) is 5. The predicted molar refractivity (Wildman–Crippen MR) is 82.5 cm³/mol. The van der Waals surface area contributed by atoms with Gasteiger partial charge < -0.3 is 11.1 Å². The highest BCUT2D eigenvalue weighted by Gasteiger charge is 2.16. The molecule has 0 radical (unpaired) electrons. The fourth-order valence-electron chi connectivity index (χ4n) is 1.94. The number of anilines is 2. The summed E-state index contributed by atoms with van der Waals surface area (Å²) in [7, 11) is -0.328. The molecular formula is C13H19N5O2S. The Morgan fingerprint density at radius 2 is 2.10 bits per heavy atom. The molecule has 4 N–H and O–H groups in total. The average molecular weight is 309 g/mol. The fourth-order valence-corrected chi connectivity index (χ4v) is 2.88. The molecule has 0 bridgehead atoms. The molecule has 0 spiro atoms. The van der Waals surface area contributed by atoms with Crippen LogP contribution in [0.4, 0.5) is 11.4 Å². The first-order valence-electron chi connectivity index (χ1n) is 6.48. The quantitative estimate of drug-likeness (QED) is 0.677. The molecule has 8 heteroatoms. The van der Waals surface area contributed by atoms with Crippen LogP contribution < -0.4 is 15.8 Å². The van der Waals surface area contributed by atoms with Gasteiger partial charge in [0.2, 0.25) is 10.0 Å². The van der Waals surface area contributed by atoms with Gasteiger partial charge in [-0.15, -0.1) is 0 Å². The summed E-state index contributed by atoms with van der Waals surface area (Å²) < 4.78 is 28.0. The molecular weight excluding hydrogens is 290 g/mol. The zero-order valence-electron chi connectivity index (χ0n) is 12.0. The van der Waals surface area contributed by atoms with Crippen LogP contribution in [-0.2, 0) is 23.5 Å². The molecule has 1 aromatic heterocycles. The summed E-state index contributed by atoms with van der Waals surface area (Å²) in [5.41, 5.74) is 7.54. The fraction of sp³-hybridized carbons (Fsp3) is 0.308. The lowest BCUT2D eigenvalue weighted by molar-refractivity contribution is 0.588. The molecule has 2 aromatic rings. The Hall–Kier alpha value is -2.06. The van der Waals surface area contributed by atoms with Gasteiger partial charge in [0, 0.05) is 31.9 Å². The van der Waals surface area contributed by atoms with Gasteiger partial charge in [0.05, 0.1) is 11.4 Å². The normalized spacial score (nSPS) is 11.5. The van der Waals surface area contributed by atoms with Gasteiger partial charge in [0.15, 0.2) is 0 Å². The minimum absolute atomic E-state index is 0.144. The van der Waals surface area contributed by atoms with E-state index in [4.69, 9.17) is 5.73 Å². The summed E-state index contributed by atoms with van der Waals surface area (Å²) in [6, 6.07) is 6.70. The number of sulfonamides is 1. The topological polar surface area (TPSA) is 102 Å². The van der Waals surface area contributed by atoms with Crippen molar-refractivity contribution in [3.63, 3.8) is 0 Å². The molecule has 21 heavy (non-hydrogen) atoms. The first-order valence-corrected chi connectivity index (χ1v) is 7.96. The third kappa shape index (κ3) is 3.73. The van der Waals surface area contributed by atoms with Crippen LogP contribution in [0.25, 0.3) is 0 Å². The van der Waals surface area contributed by atoms with E-state index >= 15 is 0 Å². The summed E-state index contributed by atoms with van der Waals surface area (Å²) in [5.74, 6) is 0. The molecule has 2 rings (SSSR count). The zero-order chi connectivity index (χ0) is 15.5. The summed E-state index contributed by atoms with van der Waals surface area (Å²) in [6.45, 7) is 0.577. The number of aryl methyl sites for hydroxylation is 1. The van der Waals surface area contributed by atoms with E-state index in [9.17, 15) is 8.42 Å². The highest BCUT2D eigenvalue weighted by Crippen LogP contribution is 2.23. The predicted octanol–water partition coefficient (Wildman–Crippen LogP) is 0.565. The Kier molecular flexibility index (Phi) is 4.49. The van der Waals surface area contributed by atoms with Gasteiger partial charge >= 0.3 is 0 Å².